The van der Waals surface area contributed by atoms with Gasteiger partial charge in [0, 0.05) is 35.8 Å². The predicted octanol–water partition coefficient (Wildman–Crippen LogP) is 4.81. The number of esters is 1. The Hall–Kier alpha value is -2.78. The first-order valence-electron chi connectivity index (χ1n) is 15.9. The maximum atomic E-state index is 14.8. The van der Waals surface area contributed by atoms with E-state index in [1.807, 2.05) is 57.2 Å². The Morgan fingerprint density at radius 3 is 2.40 bits per heavy atom. The molecule has 2 amide bonds. The van der Waals surface area contributed by atoms with Crippen LogP contribution in [0.15, 0.2) is 48.6 Å². The molecule has 1 aromatic carbocycles. The lowest BCUT2D eigenvalue weighted by Gasteiger charge is -2.40. The maximum absolute atomic E-state index is 14.8. The van der Waals surface area contributed by atoms with E-state index in [4.69, 9.17) is 4.74 Å². The van der Waals surface area contributed by atoms with E-state index >= 15 is 0 Å². The van der Waals surface area contributed by atoms with Gasteiger partial charge in [0.2, 0.25) is 5.91 Å². The molecule has 2 fully saturated rings. The van der Waals surface area contributed by atoms with Crippen molar-refractivity contribution in [3.05, 3.63) is 48.6 Å². The Labute approximate surface area is 260 Å². The van der Waals surface area contributed by atoms with Crippen LogP contribution in [-0.4, -0.2) is 82.2 Å². The summed E-state index contributed by atoms with van der Waals surface area (Å²) in [4.78, 5) is 48.9. The summed E-state index contributed by atoms with van der Waals surface area (Å²) < 4.78 is 4.08. The van der Waals surface area contributed by atoms with Crippen LogP contribution in [0.3, 0.4) is 0 Å². The molecular weight excluding hydrogens is 562 g/mol. The molecule has 234 valence electrons. The SMILES string of the molecule is CCN(CC)c1ccc(N2CC=C[C@]34S[C@@]5(C)/C=C\CCCCOC(=O)[C@H]5[C@H]3C(=O)N([C@@H](CO)CC(C)C)C4C2=O)cc1. The molecule has 0 bridgehead atoms. The van der Waals surface area contributed by atoms with E-state index in [0.717, 1.165) is 43.7 Å². The summed E-state index contributed by atoms with van der Waals surface area (Å²) in [6.07, 6.45) is 11.3. The molecule has 1 spiro atoms. The van der Waals surface area contributed by atoms with Crippen LogP contribution < -0.4 is 9.80 Å². The summed E-state index contributed by atoms with van der Waals surface area (Å²) in [6, 6.07) is 6.60. The van der Waals surface area contributed by atoms with Gasteiger partial charge >= 0.3 is 5.97 Å². The molecule has 0 radical (unpaired) electrons. The Morgan fingerprint density at radius 1 is 1.02 bits per heavy atom. The van der Waals surface area contributed by atoms with Crippen molar-refractivity contribution in [1.29, 1.82) is 0 Å². The number of nitrogens with zero attached hydrogens (tertiary/aromatic N) is 3. The number of fused-ring (bicyclic) bond motifs is 2. The second-order valence-electron chi connectivity index (χ2n) is 12.8. The monoisotopic (exact) mass is 609 g/mol. The van der Waals surface area contributed by atoms with Gasteiger partial charge in [-0.25, -0.2) is 0 Å². The van der Waals surface area contributed by atoms with Crippen molar-refractivity contribution in [2.75, 3.05) is 42.6 Å². The zero-order valence-electron chi connectivity index (χ0n) is 26.2. The second-order valence-corrected chi connectivity index (χ2v) is 14.6. The minimum absolute atomic E-state index is 0.184. The van der Waals surface area contributed by atoms with Crippen molar-refractivity contribution in [1.82, 2.24) is 4.90 Å². The molecular formula is C34H47N3O5S. The number of amides is 2. The number of thioether (sulfide) groups is 1. The summed E-state index contributed by atoms with van der Waals surface area (Å²) in [5, 5.41) is 10.6. The standard InChI is InChI=1S/C34H47N3O5S/c1-6-35(7-2)24-13-15-25(16-14-24)36-19-12-18-34-27(28-32(41)42-20-11-9-8-10-17-33(28,5)43-34)30(39)37(29(34)31(36)40)26(22-38)21-23(3)4/h10,12-18,23,26-29,38H,6-9,11,19-22H2,1-5H3/b17-10-/t26-,27+,28-,29?,33+,34+/m1/s1. The number of carbonyl (C=O) groups is 3. The average Bonchev–Trinajstić information content (AvgIpc) is 3.32. The zero-order valence-corrected chi connectivity index (χ0v) is 27.0. The molecule has 4 aliphatic heterocycles. The lowest BCUT2D eigenvalue weighted by atomic mass is 9.74. The van der Waals surface area contributed by atoms with Crippen LogP contribution >= 0.6 is 11.8 Å². The third kappa shape index (κ3) is 5.52. The molecule has 8 nitrogen and oxygen atoms in total. The van der Waals surface area contributed by atoms with Crippen LogP contribution in [0.25, 0.3) is 0 Å². The van der Waals surface area contributed by atoms with Crippen molar-refractivity contribution in [3.8, 4) is 0 Å². The smallest absolute Gasteiger partial charge is 0.311 e. The van der Waals surface area contributed by atoms with Crippen molar-refractivity contribution >= 4 is 40.9 Å². The van der Waals surface area contributed by atoms with Gasteiger partial charge in [0.25, 0.3) is 5.91 Å². The number of carbonyl (C=O) groups excluding carboxylic acids is 3. The maximum Gasteiger partial charge on any atom is 0.311 e. The number of hydrogen-bond acceptors (Lipinski definition) is 7. The minimum atomic E-state index is -0.981. The van der Waals surface area contributed by atoms with E-state index in [1.54, 1.807) is 21.6 Å². The zero-order chi connectivity index (χ0) is 30.9. The third-order valence-electron chi connectivity index (χ3n) is 9.58. The van der Waals surface area contributed by atoms with Gasteiger partial charge in [-0.05, 0) is 76.6 Å². The van der Waals surface area contributed by atoms with Crippen LogP contribution in [-0.2, 0) is 19.1 Å². The Bertz CT molecular complexity index is 1260. The molecule has 6 atom stereocenters. The number of aliphatic hydroxyl groups excluding tert-OH is 1. The number of ether oxygens (including phenoxy) is 1. The normalized spacial score (nSPS) is 32.2. The molecule has 0 saturated carbocycles. The fourth-order valence-electron chi connectivity index (χ4n) is 7.61. The van der Waals surface area contributed by atoms with Gasteiger partial charge in [0.1, 0.15) is 6.04 Å². The van der Waals surface area contributed by atoms with E-state index in [0.29, 0.717) is 19.6 Å². The molecule has 5 rings (SSSR count). The van der Waals surface area contributed by atoms with Gasteiger partial charge in [-0.2, -0.15) is 0 Å². The number of anilines is 2. The Balaban J connectivity index is 1.62. The summed E-state index contributed by atoms with van der Waals surface area (Å²) in [7, 11) is 0. The lowest BCUT2D eigenvalue weighted by Crippen LogP contribution is -2.57. The van der Waals surface area contributed by atoms with Crippen molar-refractivity contribution < 1.29 is 24.2 Å². The molecule has 2 saturated heterocycles. The van der Waals surface area contributed by atoms with Gasteiger partial charge in [-0.3, -0.25) is 14.4 Å². The summed E-state index contributed by atoms with van der Waals surface area (Å²) in [5.41, 5.74) is 1.85. The van der Waals surface area contributed by atoms with Crippen molar-refractivity contribution in [3.63, 3.8) is 0 Å². The first kappa shape index (κ1) is 31.6. The highest BCUT2D eigenvalue weighted by atomic mass is 32.2. The van der Waals surface area contributed by atoms with Crippen LogP contribution in [0.4, 0.5) is 11.4 Å². The topological polar surface area (TPSA) is 90.4 Å². The number of hydrogen-bond donors (Lipinski definition) is 1. The quantitative estimate of drug-likeness (QED) is 0.334. The lowest BCUT2D eigenvalue weighted by molar-refractivity contribution is -0.154. The van der Waals surface area contributed by atoms with Crippen LogP contribution in [0, 0.1) is 17.8 Å². The van der Waals surface area contributed by atoms with Crippen molar-refractivity contribution in [2.24, 2.45) is 17.8 Å². The first-order chi connectivity index (χ1) is 20.6. The number of cyclic esters (lactones) is 1. The van der Waals surface area contributed by atoms with Gasteiger partial charge in [-0.15, -0.1) is 11.8 Å². The van der Waals surface area contributed by atoms with Gasteiger partial charge in [0.15, 0.2) is 0 Å². The van der Waals surface area contributed by atoms with E-state index in [-0.39, 0.29) is 30.3 Å². The first-order valence-corrected chi connectivity index (χ1v) is 16.7. The van der Waals surface area contributed by atoms with Gasteiger partial charge in [-0.1, -0.05) is 38.2 Å². The molecule has 0 aromatic heterocycles. The highest BCUT2D eigenvalue weighted by molar-refractivity contribution is 8.02. The van der Waals surface area contributed by atoms with E-state index < -0.39 is 33.4 Å². The molecule has 9 heteroatoms. The molecule has 43 heavy (non-hydrogen) atoms. The van der Waals surface area contributed by atoms with Crippen LogP contribution in [0.2, 0.25) is 0 Å². The number of rotatable bonds is 8. The second kappa shape index (κ2) is 12.7. The van der Waals surface area contributed by atoms with E-state index in [1.165, 1.54) is 0 Å². The fourth-order valence-corrected chi connectivity index (χ4v) is 9.75. The van der Waals surface area contributed by atoms with Gasteiger partial charge in [0.05, 0.1) is 35.8 Å². The number of aliphatic hydroxyl groups is 1. The number of allylic oxidation sites excluding steroid dienone is 1. The molecule has 0 aliphatic carbocycles. The molecule has 4 aliphatic rings. The average molecular weight is 610 g/mol. The number of likely N-dealkylation sites (tertiary alicyclic amines) is 1. The summed E-state index contributed by atoms with van der Waals surface area (Å²) in [6.45, 7) is 12.5. The summed E-state index contributed by atoms with van der Waals surface area (Å²) >= 11 is 1.55. The minimum Gasteiger partial charge on any atom is -0.465 e. The highest BCUT2D eigenvalue weighted by Gasteiger charge is 2.74. The highest BCUT2D eigenvalue weighted by Crippen LogP contribution is 2.65. The largest absolute Gasteiger partial charge is 0.465 e. The molecule has 1 unspecified atom stereocenters. The summed E-state index contributed by atoms with van der Waals surface area (Å²) in [5.74, 6) is -2.14. The van der Waals surface area contributed by atoms with Crippen molar-refractivity contribution in [2.45, 2.75) is 81.9 Å². The molecule has 1 aromatic rings. The molecule has 4 heterocycles. The predicted molar refractivity (Wildman–Crippen MR) is 172 cm³/mol. The number of benzene rings is 1. The van der Waals surface area contributed by atoms with E-state index in [2.05, 4.69) is 30.9 Å². The fraction of sp³-hybridized carbons (Fsp3) is 0.618. The van der Waals surface area contributed by atoms with E-state index in [9.17, 15) is 19.5 Å². The van der Waals surface area contributed by atoms with Crippen LogP contribution in [0.1, 0.15) is 60.3 Å². The van der Waals surface area contributed by atoms with Gasteiger partial charge < -0.3 is 24.5 Å². The third-order valence-corrected chi connectivity index (χ3v) is 11.4. The molecule has 1 N–H and O–H groups in total. The Morgan fingerprint density at radius 2 is 1.74 bits per heavy atom. The Kier molecular flexibility index (Phi) is 9.33. The van der Waals surface area contributed by atoms with Crippen LogP contribution in [0.5, 0.6) is 0 Å².